The number of nitrogens with zero attached hydrogens (tertiary/aromatic N) is 4. The fourth-order valence-electron chi connectivity index (χ4n) is 1.85. The molecule has 0 aromatic carbocycles. The van der Waals surface area contributed by atoms with E-state index in [4.69, 9.17) is 10.9 Å². The van der Waals surface area contributed by atoms with Crippen molar-refractivity contribution in [1.29, 1.82) is 0 Å². The van der Waals surface area contributed by atoms with Crippen LogP contribution in [-0.2, 0) is 0 Å². The molecular weight excluding hydrogens is 238 g/mol. The second kappa shape index (κ2) is 4.21. The minimum absolute atomic E-state index is 0.216. The van der Waals surface area contributed by atoms with Crippen LogP contribution >= 0.6 is 11.8 Å². The molecule has 0 radical (unpaired) electrons. The van der Waals surface area contributed by atoms with Crippen LogP contribution < -0.4 is 5.73 Å². The summed E-state index contributed by atoms with van der Waals surface area (Å²) in [5.41, 5.74) is 5.46. The van der Waals surface area contributed by atoms with Gasteiger partial charge in [-0.3, -0.25) is 0 Å². The van der Waals surface area contributed by atoms with Gasteiger partial charge in [0.15, 0.2) is 5.16 Å². The van der Waals surface area contributed by atoms with E-state index in [9.17, 15) is 0 Å². The number of hydrogen-bond acceptors (Lipinski definition) is 5. The Morgan fingerprint density at radius 1 is 1.41 bits per heavy atom. The predicted octanol–water partition coefficient (Wildman–Crippen LogP) is 1.33. The fraction of sp³-hybridized carbons (Fsp3) is 0.700. The SMILES string of the molecule is N/C(CSc1nnc(C2CC2)n1C1CC1)=N\O. The first-order valence-corrected chi connectivity index (χ1v) is 6.82. The lowest BCUT2D eigenvalue weighted by Crippen LogP contribution is -2.15. The summed E-state index contributed by atoms with van der Waals surface area (Å²) >= 11 is 1.49. The highest BCUT2D eigenvalue weighted by Crippen LogP contribution is 2.45. The average Bonchev–Trinajstić information content (AvgIpc) is 3.24. The van der Waals surface area contributed by atoms with E-state index >= 15 is 0 Å². The molecule has 1 heterocycles. The molecule has 2 aliphatic rings. The summed E-state index contributed by atoms with van der Waals surface area (Å²) < 4.78 is 2.26. The Bertz CT molecular complexity index is 450. The van der Waals surface area contributed by atoms with Crippen molar-refractivity contribution in [3.63, 3.8) is 0 Å². The lowest BCUT2D eigenvalue weighted by atomic mass is 10.4. The lowest BCUT2D eigenvalue weighted by molar-refractivity contribution is 0.318. The molecule has 2 fully saturated rings. The molecule has 0 saturated heterocycles. The summed E-state index contributed by atoms with van der Waals surface area (Å²) in [7, 11) is 0. The van der Waals surface area contributed by atoms with E-state index in [1.807, 2.05) is 0 Å². The van der Waals surface area contributed by atoms with Crippen molar-refractivity contribution >= 4 is 17.6 Å². The van der Waals surface area contributed by atoms with Crippen LogP contribution in [0.25, 0.3) is 0 Å². The number of hydrogen-bond donors (Lipinski definition) is 2. The highest BCUT2D eigenvalue weighted by molar-refractivity contribution is 7.99. The first-order valence-electron chi connectivity index (χ1n) is 5.83. The molecule has 92 valence electrons. The van der Waals surface area contributed by atoms with Gasteiger partial charge in [0.25, 0.3) is 0 Å². The van der Waals surface area contributed by atoms with E-state index in [1.54, 1.807) is 0 Å². The van der Waals surface area contributed by atoms with Gasteiger partial charge in [-0.15, -0.1) is 10.2 Å². The number of thioether (sulfide) groups is 1. The molecular formula is C10H15N5OS. The van der Waals surface area contributed by atoms with E-state index in [0.29, 0.717) is 17.7 Å². The molecule has 0 amide bonds. The molecule has 7 heteroatoms. The van der Waals surface area contributed by atoms with Crippen molar-refractivity contribution in [2.75, 3.05) is 5.75 Å². The number of aromatic nitrogens is 3. The Hall–Kier alpha value is -1.24. The minimum atomic E-state index is 0.216. The summed E-state index contributed by atoms with van der Waals surface area (Å²) in [6.45, 7) is 0. The van der Waals surface area contributed by atoms with Gasteiger partial charge in [-0.25, -0.2) is 0 Å². The second-order valence-corrected chi connectivity index (χ2v) is 5.54. The Balaban J connectivity index is 1.78. The smallest absolute Gasteiger partial charge is 0.191 e. The first kappa shape index (κ1) is 10.9. The zero-order valence-electron chi connectivity index (χ0n) is 9.41. The van der Waals surface area contributed by atoms with Crippen LogP contribution in [-0.4, -0.2) is 31.6 Å². The maximum Gasteiger partial charge on any atom is 0.191 e. The van der Waals surface area contributed by atoms with E-state index < -0.39 is 0 Å². The number of oxime groups is 1. The van der Waals surface area contributed by atoms with Gasteiger partial charge in [0, 0.05) is 12.0 Å². The van der Waals surface area contributed by atoms with Crippen LogP contribution in [0.3, 0.4) is 0 Å². The van der Waals surface area contributed by atoms with Crippen LogP contribution in [0.4, 0.5) is 0 Å². The van der Waals surface area contributed by atoms with Crippen LogP contribution in [0.5, 0.6) is 0 Å². The Morgan fingerprint density at radius 3 is 2.76 bits per heavy atom. The quantitative estimate of drug-likeness (QED) is 0.272. The molecule has 2 saturated carbocycles. The van der Waals surface area contributed by atoms with E-state index in [0.717, 1.165) is 11.0 Å². The van der Waals surface area contributed by atoms with Crippen molar-refractivity contribution in [3.05, 3.63) is 5.82 Å². The summed E-state index contributed by atoms with van der Waals surface area (Å²) in [6.07, 6.45) is 4.90. The zero-order chi connectivity index (χ0) is 11.8. The van der Waals surface area contributed by atoms with Crippen molar-refractivity contribution in [3.8, 4) is 0 Å². The molecule has 1 aromatic heterocycles. The molecule has 17 heavy (non-hydrogen) atoms. The van der Waals surface area contributed by atoms with Gasteiger partial charge in [0.1, 0.15) is 11.7 Å². The van der Waals surface area contributed by atoms with E-state index in [1.165, 1.54) is 37.4 Å². The summed E-state index contributed by atoms with van der Waals surface area (Å²) in [4.78, 5) is 0. The van der Waals surface area contributed by atoms with Gasteiger partial charge in [-0.2, -0.15) is 0 Å². The highest BCUT2D eigenvalue weighted by Gasteiger charge is 2.36. The average molecular weight is 253 g/mol. The van der Waals surface area contributed by atoms with E-state index in [-0.39, 0.29) is 5.84 Å². The van der Waals surface area contributed by atoms with Gasteiger partial charge in [0.05, 0.1) is 5.75 Å². The van der Waals surface area contributed by atoms with Crippen molar-refractivity contribution in [2.24, 2.45) is 10.9 Å². The van der Waals surface area contributed by atoms with Gasteiger partial charge in [-0.1, -0.05) is 16.9 Å². The zero-order valence-corrected chi connectivity index (χ0v) is 10.2. The number of nitrogens with two attached hydrogens (primary N) is 1. The van der Waals surface area contributed by atoms with Crippen molar-refractivity contribution < 1.29 is 5.21 Å². The monoisotopic (exact) mass is 253 g/mol. The predicted molar refractivity (Wildman–Crippen MR) is 64.4 cm³/mol. The molecule has 3 N–H and O–H groups in total. The van der Waals surface area contributed by atoms with Gasteiger partial charge >= 0.3 is 0 Å². The third-order valence-corrected chi connectivity index (χ3v) is 4.00. The third-order valence-electron chi connectivity index (χ3n) is 3.02. The first-order chi connectivity index (χ1) is 8.29. The Morgan fingerprint density at radius 2 is 2.18 bits per heavy atom. The molecule has 0 aliphatic heterocycles. The number of rotatable bonds is 5. The Kier molecular flexibility index (Phi) is 2.70. The highest BCUT2D eigenvalue weighted by atomic mass is 32.2. The molecule has 0 unspecified atom stereocenters. The number of amidine groups is 1. The standard InChI is InChI=1S/C10H15N5OS/c11-8(14-16)5-17-10-13-12-9(6-1-2-6)15(10)7-3-4-7/h6-7,16H,1-5H2,(H2,11,14). The maximum absolute atomic E-state index is 8.51. The molecule has 0 bridgehead atoms. The summed E-state index contributed by atoms with van der Waals surface area (Å²) in [5, 5.41) is 20.9. The van der Waals surface area contributed by atoms with Crippen LogP contribution in [0.1, 0.15) is 43.5 Å². The van der Waals surface area contributed by atoms with Crippen LogP contribution in [0.15, 0.2) is 10.3 Å². The largest absolute Gasteiger partial charge is 0.409 e. The third kappa shape index (κ3) is 2.24. The fourth-order valence-corrected chi connectivity index (χ4v) is 2.66. The molecule has 0 atom stereocenters. The van der Waals surface area contributed by atoms with E-state index in [2.05, 4.69) is 19.9 Å². The normalized spacial score (nSPS) is 20.8. The van der Waals surface area contributed by atoms with Gasteiger partial charge < -0.3 is 15.5 Å². The van der Waals surface area contributed by atoms with Crippen molar-refractivity contribution in [2.45, 2.75) is 42.8 Å². The second-order valence-electron chi connectivity index (χ2n) is 4.60. The molecule has 3 rings (SSSR count). The van der Waals surface area contributed by atoms with Gasteiger partial charge in [-0.05, 0) is 25.7 Å². The minimum Gasteiger partial charge on any atom is -0.409 e. The topological polar surface area (TPSA) is 89.3 Å². The van der Waals surface area contributed by atoms with Crippen LogP contribution in [0, 0.1) is 0 Å². The lowest BCUT2D eigenvalue weighted by Gasteiger charge is -2.07. The summed E-state index contributed by atoms with van der Waals surface area (Å²) in [6, 6.07) is 0.579. The molecule has 0 spiro atoms. The van der Waals surface area contributed by atoms with Crippen molar-refractivity contribution in [1.82, 2.24) is 14.8 Å². The molecule has 6 nitrogen and oxygen atoms in total. The maximum atomic E-state index is 8.51. The van der Waals surface area contributed by atoms with Crippen LogP contribution in [0.2, 0.25) is 0 Å². The Labute approximate surface area is 103 Å². The molecule has 1 aromatic rings. The molecule has 2 aliphatic carbocycles. The van der Waals surface area contributed by atoms with Gasteiger partial charge in [0.2, 0.25) is 0 Å². The summed E-state index contributed by atoms with van der Waals surface area (Å²) in [5.74, 6) is 2.41.